The van der Waals surface area contributed by atoms with Crippen LogP contribution in [0.5, 0.6) is 0 Å². The molecule has 0 atom stereocenters. The summed E-state index contributed by atoms with van der Waals surface area (Å²) in [6, 6.07) is 5.51. The molecule has 0 aliphatic heterocycles. The first-order valence-electron chi connectivity index (χ1n) is 4.60. The van der Waals surface area contributed by atoms with Gasteiger partial charge in [-0.1, -0.05) is 23.7 Å². The number of rotatable bonds is 1. The fraction of sp³-hybridized carbons (Fsp3) is 0.100. The van der Waals surface area contributed by atoms with E-state index in [9.17, 15) is 0 Å². The predicted molar refractivity (Wildman–Crippen MR) is 63.8 cm³/mol. The van der Waals surface area contributed by atoms with Gasteiger partial charge in [0.15, 0.2) is 5.82 Å². The second-order valence-electron chi connectivity index (χ2n) is 3.34. The molecule has 1 aromatic heterocycles. The Hall–Kier alpha value is -1.88. The van der Waals surface area contributed by atoms with E-state index in [1.165, 1.54) is 0 Å². The third kappa shape index (κ3) is 2.04. The van der Waals surface area contributed by atoms with Gasteiger partial charge in [0.05, 0.1) is 0 Å². The van der Waals surface area contributed by atoms with E-state index in [-0.39, 0.29) is 11.9 Å². The molecule has 0 saturated carbocycles. The van der Waals surface area contributed by atoms with E-state index in [1.807, 2.05) is 19.1 Å². The number of nitrogen functional groups attached to an aromatic ring is 2. The standard InChI is InChI=1S/C10H10ClN5/c1-5-2-3-6(4-7(5)11)8-14-9(12)16-10(13)15-8/h2-4H,1H3,(H4,12,13,14,15,16). The van der Waals surface area contributed by atoms with Crippen LogP contribution >= 0.6 is 11.6 Å². The van der Waals surface area contributed by atoms with Crippen molar-refractivity contribution in [2.75, 3.05) is 11.5 Å². The van der Waals surface area contributed by atoms with Crippen LogP contribution in [0.4, 0.5) is 11.9 Å². The van der Waals surface area contributed by atoms with Crippen molar-refractivity contribution in [2.24, 2.45) is 0 Å². The lowest BCUT2D eigenvalue weighted by molar-refractivity contribution is 1.09. The van der Waals surface area contributed by atoms with Gasteiger partial charge in [-0.2, -0.15) is 15.0 Å². The highest BCUT2D eigenvalue weighted by Gasteiger charge is 2.06. The van der Waals surface area contributed by atoms with Gasteiger partial charge in [0.2, 0.25) is 11.9 Å². The molecule has 0 fully saturated rings. The summed E-state index contributed by atoms with van der Waals surface area (Å²) >= 11 is 6.01. The minimum atomic E-state index is 0.0965. The first-order chi connectivity index (χ1) is 7.56. The molecule has 0 radical (unpaired) electrons. The molecule has 0 aliphatic carbocycles. The number of aromatic nitrogens is 3. The van der Waals surface area contributed by atoms with Crippen LogP contribution in [-0.4, -0.2) is 15.0 Å². The van der Waals surface area contributed by atoms with Crippen molar-refractivity contribution >= 4 is 23.5 Å². The van der Waals surface area contributed by atoms with Gasteiger partial charge >= 0.3 is 0 Å². The number of aryl methyl sites for hydroxylation is 1. The van der Waals surface area contributed by atoms with E-state index in [0.29, 0.717) is 10.8 Å². The molecule has 5 nitrogen and oxygen atoms in total. The van der Waals surface area contributed by atoms with Crippen molar-refractivity contribution in [3.05, 3.63) is 28.8 Å². The van der Waals surface area contributed by atoms with Crippen LogP contribution in [0.25, 0.3) is 11.4 Å². The average molecular weight is 236 g/mol. The molecule has 0 amide bonds. The van der Waals surface area contributed by atoms with Gasteiger partial charge in [-0.15, -0.1) is 0 Å². The lowest BCUT2D eigenvalue weighted by Crippen LogP contribution is -2.04. The molecule has 0 unspecified atom stereocenters. The highest BCUT2D eigenvalue weighted by atomic mass is 35.5. The highest BCUT2D eigenvalue weighted by Crippen LogP contribution is 2.23. The highest BCUT2D eigenvalue weighted by molar-refractivity contribution is 6.31. The molecule has 0 saturated heterocycles. The summed E-state index contributed by atoms with van der Waals surface area (Å²) in [6.45, 7) is 1.92. The van der Waals surface area contributed by atoms with Crippen molar-refractivity contribution < 1.29 is 0 Å². The van der Waals surface area contributed by atoms with Crippen LogP contribution in [0.1, 0.15) is 5.56 Å². The zero-order valence-corrected chi connectivity index (χ0v) is 9.36. The van der Waals surface area contributed by atoms with Crippen LogP contribution in [0.2, 0.25) is 5.02 Å². The van der Waals surface area contributed by atoms with Crippen LogP contribution in [0.3, 0.4) is 0 Å². The van der Waals surface area contributed by atoms with E-state index in [1.54, 1.807) is 6.07 Å². The molecule has 6 heteroatoms. The van der Waals surface area contributed by atoms with Gasteiger partial charge in [0, 0.05) is 10.6 Å². The number of benzene rings is 1. The molecule has 1 aromatic carbocycles. The molecule has 2 aromatic rings. The monoisotopic (exact) mass is 235 g/mol. The van der Waals surface area contributed by atoms with Crippen molar-refractivity contribution in [2.45, 2.75) is 6.92 Å². The third-order valence-electron chi connectivity index (χ3n) is 2.10. The maximum atomic E-state index is 6.01. The molecular weight excluding hydrogens is 226 g/mol. The van der Waals surface area contributed by atoms with Crippen molar-refractivity contribution in [1.82, 2.24) is 15.0 Å². The van der Waals surface area contributed by atoms with E-state index in [0.717, 1.165) is 11.1 Å². The Labute approximate surface area is 97.5 Å². The minimum absolute atomic E-state index is 0.0965. The fourth-order valence-corrected chi connectivity index (χ4v) is 1.45. The second-order valence-corrected chi connectivity index (χ2v) is 3.75. The molecule has 0 spiro atoms. The normalized spacial score (nSPS) is 10.4. The van der Waals surface area contributed by atoms with E-state index in [4.69, 9.17) is 23.1 Å². The minimum Gasteiger partial charge on any atom is -0.368 e. The lowest BCUT2D eigenvalue weighted by atomic mass is 10.1. The molecule has 82 valence electrons. The summed E-state index contributed by atoms with van der Waals surface area (Å²) in [4.78, 5) is 11.7. The summed E-state index contributed by atoms with van der Waals surface area (Å²) in [5.74, 6) is 0.616. The first kappa shape index (κ1) is 10.6. The number of hydrogen-bond acceptors (Lipinski definition) is 5. The molecule has 2 rings (SSSR count). The number of hydrogen-bond donors (Lipinski definition) is 2. The number of nitrogens with two attached hydrogens (primary N) is 2. The Kier molecular flexibility index (Phi) is 2.62. The van der Waals surface area contributed by atoms with Gasteiger partial charge in [-0.3, -0.25) is 0 Å². The quantitative estimate of drug-likeness (QED) is 0.785. The van der Waals surface area contributed by atoms with Crippen LogP contribution in [0.15, 0.2) is 18.2 Å². The summed E-state index contributed by atoms with van der Waals surface area (Å²) in [7, 11) is 0. The summed E-state index contributed by atoms with van der Waals surface area (Å²) in [5, 5.41) is 0.648. The zero-order chi connectivity index (χ0) is 11.7. The number of anilines is 2. The molecule has 16 heavy (non-hydrogen) atoms. The Morgan fingerprint density at radius 2 is 1.69 bits per heavy atom. The Balaban J connectivity index is 2.54. The Morgan fingerprint density at radius 1 is 1.06 bits per heavy atom. The van der Waals surface area contributed by atoms with Gasteiger partial charge in [0.25, 0.3) is 0 Å². The molecule has 1 heterocycles. The molecule has 0 aliphatic rings. The van der Waals surface area contributed by atoms with E-state index >= 15 is 0 Å². The Morgan fingerprint density at radius 3 is 2.25 bits per heavy atom. The lowest BCUT2D eigenvalue weighted by Gasteiger charge is -2.04. The zero-order valence-electron chi connectivity index (χ0n) is 8.61. The van der Waals surface area contributed by atoms with E-state index < -0.39 is 0 Å². The smallest absolute Gasteiger partial charge is 0.225 e. The summed E-state index contributed by atoms with van der Waals surface area (Å²) in [6.07, 6.45) is 0. The fourth-order valence-electron chi connectivity index (χ4n) is 1.27. The summed E-state index contributed by atoms with van der Waals surface area (Å²) in [5.41, 5.74) is 12.7. The molecule has 4 N–H and O–H groups in total. The third-order valence-corrected chi connectivity index (χ3v) is 2.51. The first-order valence-corrected chi connectivity index (χ1v) is 4.97. The van der Waals surface area contributed by atoms with Crippen molar-refractivity contribution in [3.8, 4) is 11.4 Å². The van der Waals surface area contributed by atoms with E-state index in [2.05, 4.69) is 15.0 Å². The SMILES string of the molecule is Cc1ccc(-c2nc(N)nc(N)n2)cc1Cl. The van der Waals surface area contributed by atoms with Gasteiger partial charge < -0.3 is 11.5 Å². The van der Waals surface area contributed by atoms with Crippen LogP contribution in [-0.2, 0) is 0 Å². The maximum absolute atomic E-state index is 6.01. The number of halogens is 1. The van der Waals surface area contributed by atoms with Gasteiger partial charge in [0.1, 0.15) is 0 Å². The largest absolute Gasteiger partial charge is 0.368 e. The molecule has 0 bridgehead atoms. The molecular formula is C10H10ClN5. The van der Waals surface area contributed by atoms with Crippen LogP contribution in [0, 0.1) is 6.92 Å². The summed E-state index contributed by atoms with van der Waals surface area (Å²) < 4.78 is 0. The topological polar surface area (TPSA) is 90.7 Å². The van der Waals surface area contributed by atoms with Crippen LogP contribution < -0.4 is 11.5 Å². The average Bonchev–Trinajstić information content (AvgIpc) is 2.20. The Bertz CT molecular complexity index is 520. The van der Waals surface area contributed by atoms with Crippen molar-refractivity contribution in [1.29, 1.82) is 0 Å². The number of nitrogens with zero attached hydrogens (tertiary/aromatic N) is 3. The predicted octanol–water partition coefficient (Wildman–Crippen LogP) is 1.66. The van der Waals surface area contributed by atoms with Gasteiger partial charge in [-0.25, -0.2) is 0 Å². The second kappa shape index (κ2) is 3.94. The maximum Gasteiger partial charge on any atom is 0.225 e. The van der Waals surface area contributed by atoms with Crippen molar-refractivity contribution in [3.63, 3.8) is 0 Å². The van der Waals surface area contributed by atoms with Gasteiger partial charge in [-0.05, 0) is 18.6 Å².